The number of hydroxylamine groups is 2. The van der Waals surface area contributed by atoms with Crippen LogP contribution in [0, 0.1) is 5.92 Å². The van der Waals surface area contributed by atoms with Crippen LogP contribution in [0.25, 0.3) is 0 Å². The Morgan fingerprint density at radius 3 is 2.41 bits per heavy atom. The lowest BCUT2D eigenvalue weighted by molar-refractivity contribution is -0.148. The van der Waals surface area contributed by atoms with Gasteiger partial charge < -0.3 is 14.3 Å². The lowest BCUT2D eigenvalue weighted by Crippen LogP contribution is -2.43. The minimum Gasteiger partial charge on any atom is -0.468 e. The molecular weight excluding hydrogens is 226 g/mol. The summed E-state index contributed by atoms with van der Waals surface area (Å²) >= 11 is 0. The Balaban J connectivity index is 3.10. The minimum absolute atomic E-state index is 0.233. The fraction of sp³-hybridized carbons (Fsp3) is 0.636. The number of nitrogens with zero attached hydrogens (tertiary/aromatic N) is 1. The van der Waals surface area contributed by atoms with Gasteiger partial charge in [-0.15, -0.1) is 5.06 Å². The highest BCUT2D eigenvalue weighted by Crippen LogP contribution is 2.38. The summed E-state index contributed by atoms with van der Waals surface area (Å²) in [5.74, 6) is -1.44. The molecule has 0 aromatic rings. The van der Waals surface area contributed by atoms with Crippen LogP contribution >= 0.6 is 0 Å². The average Bonchev–Trinajstić information content (AvgIpc) is 2.48. The second-order valence-corrected chi connectivity index (χ2v) is 4.27. The molecule has 1 heterocycles. The van der Waals surface area contributed by atoms with Crippen molar-refractivity contribution in [1.29, 1.82) is 0 Å². The quantitative estimate of drug-likeness (QED) is 0.519. The van der Waals surface area contributed by atoms with Gasteiger partial charge in [-0.3, -0.25) is 4.79 Å². The summed E-state index contributed by atoms with van der Waals surface area (Å²) in [5, 5.41) is 1.52. The molecular formula is C11H17NO5. The molecule has 0 aliphatic carbocycles. The molecule has 0 radical (unpaired) electrons. The fourth-order valence-corrected chi connectivity index (χ4v) is 1.67. The zero-order valence-corrected chi connectivity index (χ0v) is 10.6. The van der Waals surface area contributed by atoms with Crippen molar-refractivity contribution in [2.75, 3.05) is 21.3 Å². The first-order valence-corrected chi connectivity index (χ1v) is 5.13. The second kappa shape index (κ2) is 4.75. The van der Waals surface area contributed by atoms with E-state index >= 15 is 0 Å². The summed E-state index contributed by atoms with van der Waals surface area (Å²) in [6, 6.07) is 0. The number of carbonyl (C=O) groups excluding carboxylic acids is 2. The van der Waals surface area contributed by atoms with Gasteiger partial charge in [-0.05, 0) is 13.8 Å². The number of esters is 2. The van der Waals surface area contributed by atoms with E-state index in [1.54, 1.807) is 7.05 Å². The fourth-order valence-electron chi connectivity index (χ4n) is 1.67. The number of carbonyl (C=O) groups is 2. The smallest absolute Gasteiger partial charge is 0.333 e. The molecule has 1 fully saturated rings. The number of methoxy groups -OCH3 is 2. The summed E-state index contributed by atoms with van der Waals surface area (Å²) in [5.41, 5.74) is -0.590. The van der Waals surface area contributed by atoms with Gasteiger partial charge in [-0.25, -0.2) is 4.79 Å². The summed E-state index contributed by atoms with van der Waals surface area (Å²) in [7, 11) is 4.25. The van der Waals surface area contributed by atoms with Gasteiger partial charge in [0.15, 0.2) is 0 Å². The van der Waals surface area contributed by atoms with E-state index < -0.39 is 23.4 Å². The van der Waals surface area contributed by atoms with Gasteiger partial charge in [-0.2, -0.15) is 0 Å². The van der Waals surface area contributed by atoms with Crippen molar-refractivity contribution in [2.24, 2.45) is 5.92 Å². The van der Waals surface area contributed by atoms with E-state index in [2.05, 4.69) is 4.74 Å². The van der Waals surface area contributed by atoms with Gasteiger partial charge in [0.2, 0.25) is 0 Å². The molecule has 0 aromatic heterocycles. The number of hydrogen-bond donors (Lipinski definition) is 0. The molecule has 1 aliphatic heterocycles. The topological polar surface area (TPSA) is 65.1 Å². The summed E-state index contributed by atoms with van der Waals surface area (Å²) in [6.45, 7) is 3.65. The van der Waals surface area contributed by atoms with Gasteiger partial charge in [0.05, 0.1) is 25.8 Å². The summed E-state index contributed by atoms with van der Waals surface area (Å²) in [4.78, 5) is 28.3. The molecule has 1 atom stereocenters. The number of hydrogen-bond acceptors (Lipinski definition) is 6. The molecule has 0 N–H and O–H groups in total. The van der Waals surface area contributed by atoms with E-state index in [1.165, 1.54) is 19.3 Å². The number of rotatable bonds is 2. The summed E-state index contributed by atoms with van der Waals surface area (Å²) < 4.78 is 9.24. The molecule has 1 rings (SSSR count). The number of ether oxygens (including phenoxy) is 2. The molecule has 17 heavy (non-hydrogen) atoms. The molecule has 0 saturated carbocycles. The van der Waals surface area contributed by atoms with E-state index in [-0.39, 0.29) is 5.76 Å². The van der Waals surface area contributed by atoms with Crippen LogP contribution in [0.4, 0.5) is 0 Å². The first kappa shape index (κ1) is 13.5. The molecule has 1 unspecified atom stereocenters. The molecule has 1 aliphatic rings. The first-order valence-electron chi connectivity index (χ1n) is 5.13. The van der Waals surface area contributed by atoms with Crippen LogP contribution in [0.15, 0.2) is 11.8 Å². The maximum Gasteiger partial charge on any atom is 0.333 e. The standard InChI is InChI=1S/C11H17NO5/c1-11(2)9(10(14)16-5)7(17-12(11)3)6-8(13)15-4/h6,9H,1-5H3/b7-6-. The Kier molecular flexibility index (Phi) is 3.77. The van der Waals surface area contributed by atoms with Crippen molar-refractivity contribution in [1.82, 2.24) is 5.06 Å². The molecule has 0 aromatic carbocycles. The van der Waals surface area contributed by atoms with Crippen molar-refractivity contribution in [2.45, 2.75) is 19.4 Å². The van der Waals surface area contributed by atoms with Gasteiger partial charge >= 0.3 is 11.9 Å². The lowest BCUT2D eigenvalue weighted by Gasteiger charge is -2.27. The predicted octanol–water partition coefficient (Wildman–Crippen LogP) is 0.488. The van der Waals surface area contributed by atoms with Crippen molar-refractivity contribution < 1.29 is 23.9 Å². The SMILES string of the molecule is COC(=O)/C=C1\ON(C)C(C)(C)C1C(=O)OC. The van der Waals surface area contributed by atoms with Crippen LogP contribution < -0.4 is 0 Å². The van der Waals surface area contributed by atoms with Crippen molar-refractivity contribution in [3.05, 3.63) is 11.8 Å². The van der Waals surface area contributed by atoms with Crippen LogP contribution in [0.5, 0.6) is 0 Å². The monoisotopic (exact) mass is 243 g/mol. The Morgan fingerprint density at radius 1 is 1.35 bits per heavy atom. The van der Waals surface area contributed by atoms with Crippen LogP contribution in [0.2, 0.25) is 0 Å². The molecule has 0 bridgehead atoms. The van der Waals surface area contributed by atoms with Crippen molar-refractivity contribution in [3.8, 4) is 0 Å². The summed E-state index contributed by atoms with van der Waals surface area (Å²) in [6.07, 6.45) is 1.16. The predicted molar refractivity (Wildman–Crippen MR) is 58.5 cm³/mol. The Hall–Kier alpha value is -1.56. The molecule has 6 nitrogen and oxygen atoms in total. The molecule has 0 spiro atoms. The zero-order chi connectivity index (χ0) is 13.2. The van der Waals surface area contributed by atoms with Gasteiger partial charge in [-0.1, -0.05) is 0 Å². The third-order valence-electron chi connectivity index (χ3n) is 2.94. The Labute approximate surface area is 100 Å². The largest absolute Gasteiger partial charge is 0.468 e. The van der Waals surface area contributed by atoms with Crippen LogP contribution in [0.1, 0.15) is 13.8 Å². The first-order chi connectivity index (χ1) is 7.84. The molecule has 96 valence electrons. The minimum atomic E-state index is -0.656. The maximum absolute atomic E-state index is 11.7. The van der Waals surface area contributed by atoms with Crippen molar-refractivity contribution >= 4 is 11.9 Å². The lowest BCUT2D eigenvalue weighted by atomic mass is 9.87. The van der Waals surface area contributed by atoms with Crippen LogP contribution in [-0.4, -0.2) is 43.8 Å². The zero-order valence-electron chi connectivity index (χ0n) is 10.6. The molecule has 1 saturated heterocycles. The third kappa shape index (κ3) is 2.41. The van der Waals surface area contributed by atoms with Crippen LogP contribution in [-0.2, 0) is 23.9 Å². The molecule has 6 heteroatoms. The normalized spacial score (nSPS) is 25.5. The Bertz CT molecular complexity index is 361. The highest BCUT2D eigenvalue weighted by Gasteiger charge is 2.50. The maximum atomic E-state index is 11.7. The van der Waals surface area contributed by atoms with E-state index in [1.807, 2.05) is 13.8 Å². The van der Waals surface area contributed by atoms with E-state index in [0.29, 0.717) is 0 Å². The second-order valence-electron chi connectivity index (χ2n) is 4.27. The van der Waals surface area contributed by atoms with E-state index in [0.717, 1.165) is 6.08 Å². The third-order valence-corrected chi connectivity index (χ3v) is 2.94. The van der Waals surface area contributed by atoms with E-state index in [4.69, 9.17) is 9.57 Å². The molecule has 0 amide bonds. The highest BCUT2D eigenvalue weighted by molar-refractivity contribution is 5.85. The van der Waals surface area contributed by atoms with Gasteiger partial charge in [0.1, 0.15) is 11.7 Å². The highest BCUT2D eigenvalue weighted by atomic mass is 16.7. The van der Waals surface area contributed by atoms with Crippen molar-refractivity contribution in [3.63, 3.8) is 0 Å². The Morgan fingerprint density at radius 2 is 1.94 bits per heavy atom. The van der Waals surface area contributed by atoms with Gasteiger partial charge in [0.25, 0.3) is 0 Å². The van der Waals surface area contributed by atoms with Gasteiger partial charge in [0, 0.05) is 7.05 Å². The van der Waals surface area contributed by atoms with E-state index in [9.17, 15) is 9.59 Å². The van der Waals surface area contributed by atoms with Crippen LogP contribution in [0.3, 0.4) is 0 Å². The average molecular weight is 243 g/mol.